The number of rotatable bonds is 5. The lowest BCUT2D eigenvalue weighted by Gasteiger charge is -2.20. The minimum absolute atomic E-state index is 0.0589. The van der Waals surface area contributed by atoms with Crippen LogP contribution in [0, 0.1) is 0 Å². The molecule has 1 aromatic heterocycles. The molecular weight excluding hydrogens is 263 g/mol. The van der Waals surface area contributed by atoms with Crippen LogP contribution in [0.25, 0.3) is 0 Å². The van der Waals surface area contributed by atoms with Gasteiger partial charge >= 0.3 is 0 Å². The molecule has 6 heteroatoms. The molecule has 1 aromatic rings. The maximum atomic E-state index is 12.0. The van der Waals surface area contributed by atoms with E-state index in [9.17, 15) is 4.79 Å². The minimum Gasteiger partial charge on any atom is -0.396 e. The third-order valence-corrected chi connectivity index (χ3v) is 2.98. The number of aromatic nitrogens is 1. The second-order valence-electron chi connectivity index (χ2n) is 3.46. The second kappa shape index (κ2) is 6.79. The van der Waals surface area contributed by atoms with Crippen molar-refractivity contribution in [2.75, 3.05) is 19.7 Å². The van der Waals surface area contributed by atoms with Crippen molar-refractivity contribution in [2.45, 2.75) is 13.3 Å². The topological polar surface area (TPSA) is 53.4 Å². The largest absolute Gasteiger partial charge is 0.396 e. The van der Waals surface area contributed by atoms with Crippen LogP contribution in [0.15, 0.2) is 12.3 Å². The van der Waals surface area contributed by atoms with E-state index in [1.54, 1.807) is 4.90 Å². The number of hydrogen-bond donors (Lipinski definition) is 1. The van der Waals surface area contributed by atoms with Crippen LogP contribution in [0.5, 0.6) is 0 Å². The number of carbonyl (C=O) groups excluding carboxylic acids is 1. The number of pyridine rings is 1. The lowest BCUT2D eigenvalue weighted by atomic mass is 10.2. The third-order valence-electron chi connectivity index (χ3n) is 2.30. The number of aliphatic hydroxyl groups is 1. The number of nitrogens with zero attached hydrogens (tertiary/aromatic N) is 2. The van der Waals surface area contributed by atoms with Gasteiger partial charge in [-0.2, -0.15) is 0 Å². The highest BCUT2D eigenvalue weighted by atomic mass is 35.5. The van der Waals surface area contributed by atoms with E-state index in [4.69, 9.17) is 28.3 Å². The van der Waals surface area contributed by atoms with E-state index >= 15 is 0 Å². The zero-order chi connectivity index (χ0) is 12.8. The SMILES string of the molecule is CCN(CCCO)C(=O)c1cnc(Cl)c(Cl)c1. The van der Waals surface area contributed by atoms with Gasteiger partial charge in [0, 0.05) is 25.9 Å². The molecule has 1 N–H and O–H groups in total. The van der Waals surface area contributed by atoms with Gasteiger partial charge in [0.05, 0.1) is 10.6 Å². The Morgan fingerprint density at radius 1 is 1.53 bits per heavy atom. The predicted octanol–water partition coefficient (Wildman–Crippen LogP) is 2.23. The van der Waals surface area contributed by atoms with Crippen LogP contribution in [-0.2, 0) is 0 Å². The van der Waals surface area contributed by atoms with Gasteiger partial charge in [-0.3, -0.25) is 4.79 Å². The van der Waals surface area contributed by atoms with Gasteiger partial charge in [-0.05, 0) is 19.4 Å². The first-order valence-corrected chi connectivity index (χ1v) is 6.07. The highest BCUT2D eigenvalue weighted by molar-refractivity contribution is 6.41. The van der Waals surface area contributed by atoms with Crippen molar-refractivity contribution in [3.63, 3.8) is 0 Å². The van der Waals surface area contributed by atoms with Crippen molar-refractivity contribution < 1.29 is 9.90 Å². The summed E-state index contributed by atoms with van der Waals surface area (Å²) in [5.41, 5.74) is 0.402. The second-order valence-corrected chi connectivity index (χ2v) is 4.22. The van der Waals surface area contributed by atoms with Crippen LogP contribution < -0.4 is 0 Å². The Morgan fingerprint density at radius 2 is 2.24 bits per heavy atom. The number of aliphatic hydroxyl groups excluding tert-OH is 1. The first kappa shape index (κ1) is 14.2. The van der Waals surface area contributed by atoms with Crippen molar-refractivity contribution in [1.29, 1.82) is 0 Å². The van der Waals surface area contributed by atoms with Gasteiger partial charge in [0.25, 0.3) is 5.91 Å². The number of carbonyl (C=O) groups is 1. The summed E-state index contributed by atoms with van der Waals surface area (Å²) in [7, 11) is 0. The molecule has 0 aromatic carbocycles. The molecule has 0 saturated carbocycles. The molecule has 0 bridgehead atoms. The Labute approximate surface area is 110 Å². The normalized spacial score (nSPS) is 10.4. The summed E-state index contributed by atoms with van der Waals surface area (Å²) in [6.45, 7) is 3.01. The van der Waals surface area contributed by atoms with Crippen molar-refractivity contribution in [3.8, 4) is 0 Å². The molecule has 17 heavy (non-hydrogen) atoms. The third kappa shape index (κ3) is 3.84. The van der Waals surface area contributed by atoms with Gasteiger partial charge in [-0.15, -0.1) is 0 Å². The Balaban J connectivity index is 2.82. The molecule has 4 nitrogen and oxygen atoms in total. The Hall–Kier alpha value is -0.840. The van der Waals surface area contributed by atoms with Crippen LogP contribution in [0.3, 0.4) is 0 Å². The molecule has 0 radical (unpaired) electrons. The molecule has 0 fully saturated rings. The summed E-state index contributed by atoms with van der Waals surface area (Å²) >= 11 is 11.5. The molecular formula is C11H14Cl2N2O2. The standard InChI is InChI=1S/C11H14Cl2N2O2/c1-2-15(4-3-5-16)11(17)8-6-9(12)10(13)14-7-8/h6-7,16H,2-5H2,1H3. The first-order chi connectivity index (χ1) is 8.10. The molecule has 0 aliphatic heterocycles. The minimum atomic E-state index is -0.160. The summed E-state index contributed by atoms with van der Waals surface area (Å²) in [6.07, 6.45) is 1.95. The van der Waals surface area contributed by atoms with E-state index in [1.165, 1.54) is 12.3 Å². The lowest BCUT2D eigenvalue weighted by Crippen LogP contribution is -2.32. The summed E-state index contributed by atoms with van der Waals surface area (Å²) in [6, 6.07) is 1.50. The van der Waals surface area contributed by atoms with Gasteiger partial charge in [0.2, 0.25) is 0 Å². The molecule has 0 aliphatic carbocycles. The number of amides is 1. The molecule has 1 rings (SSSR count). The summed E-state index contributed by atoms with van der Waals surface area (Å²) in [5.74, 6) is -0.160. The van der Waals surface area contributed by atoms with Crippen molar-refractivity contribution in [1.82, 2.24) is 9.88 Å². The Kier molecular flexibility index (Phi) is 5.68. The van der Waals surface area contributed by atoms with Crippen LogP contribution in [0.2, 0.25) is 10.2 Å². The van der Waals surface area contributed by atoms with Gasteiger partial charge in [-0.25, -0.2) is 4.98 Å². The molecule has 0 atom stereocenters. The first-order valence-electron chi connectivity index (χ1n) is 5.31. The average Bonchev–Trinajstić information content (AvgIpc) is 2.33. The molecule has 1 amide bonds. The molecule has 1 heterocycles. The van der Waals surface area contributed by atoms with Crippen LogP contribution in [0.4, 0.5) is 0 Å². The zero-order valence-electron chi connectivity index (χ0n) is 9.49. The number of halogens is 2. The molecule has 94 valence electrons. The van der Waals surface area contributed by atoms with Crippen molar-refractivity contribution in [3.05, 3.63) is 28.0 Å². The van der Waals surface area contributed by atoms with E-state index in [0.717, 1.165) is 0 Å². The fraction of sp³-hybridized carbons (Fsp3) is 0.455. The summed E-state index contributed by atoms with van der Waals surface area (Å²) in [4.78, 5) is 17.5. The lowest BCUT2D eigenvalue weighted by molar-refractivity contribution is 0.0754. The summed E-state index contributed by atoms with van der Waals surface area (Å²) in [5, 5.41) is 9.20. The highest BCUT2D eigenvalue weighted by Gasteiger charge is 2.15. The van der Waals surface area contributed by atoms with E-state index in [1.807, 2.05) is 6.92 Å². The fourth-order valence-corrected chi connectivity index (χ4v) is 1.66. The van der Waals surface area contributed by atoms with E-state index < -0.39 is 0 Å². The maximum Gasteiger partial charge on any atom is 0.255 e. The van der Waals surface area contributed by atoms with Crippen LogP contribution in [-0.4, -0.2) is 40.6 Å². The molecule has 0 unspecified atom stereocenters. The van der Waals surface area contributed by atoms with E-state index in [2.05, 4.69) is 4.98 Å². The van der Waals surface area contributed by atoms with Gasteiger partial charge in [0.15, 0.2) is 0 Å². The van der Waals surface area contributed by atoms with E-state index in [-0.39, 0.29) is 22.7 Å². The van der Waals surface area contributed by atoms with Gasteiger partial charge in [-0.1, -0.05) is 23.2 Å². The average molecular weight is 277 g/mol. The number of hydrogen-bond acceptors (Lipinski definition) is 3. The molecule has 0 spiro atoms. The van der Waals surface area contributed by atoms with Gasteiger partial charge < -0.3 is 10.0 Å². The quantitative estimate of drug-likeness (QED) is 0.840. The van der Waals surface area contributed by atoms with Crippen molar-refractivity contribution in [2.24, 2.45) is 0 Å². The van der Waals surface area contributed by atoms with Crippen molar-refractivity contribution >= 4 is 29.1 Å². The highest BCUT2D eigenvalue weighted by Crippen LogP contribution is 2.20. The van der Waals surface area contributed by atoms with E-state index in [0.29, 0.717) is 25.1 Å². The predicted molar refractivity (Wildman–Crippen MR) is 67.5 cm³/mol. The monoisotopic (exact) mass is 276 g/mol. The molecule has 0 aliphatic rings. The van der Waals surface area contributed by atoms with Gasteiger partial charge in [0.1, 0.15) is 5.15 Å². The Bertz CT molecular complexity index is 399. The van der Waals surface area contributed by atoms with Crippen LogP contribution >= 0.6 is 23.2 Å². The summed E-state index contributed by atoms with van der Waals surface area (Å²) < 4.78 is 0. The fourth-order valence-electron chi connectivity index (χ4n) is 1.39. The smallest absolute Gasteiger partial charge is 0.255 e. The Morgan fingerprint density at radius 3 is 2.76 bits per heavy atom. The maximum absolute atomic E-state index is 12.0. The molecule has 0 saturated heterocycles. The zero-order valence-corrected chi connectivity index (χ0v) is 11.0. The van der Waals surface area contributed by atoms with Crippen LogP contribution in [0.1, 0.15) is 23.7 Å².